The lowest BCUT2D eigenvalue weighted by molar-refractivity contribution is 1.15. The molecule has 0 saturated carbocycles. The van der Waals surface area contributed by atoms with E-state index in [9.17, 15) is 0 Å². The van der Waals surface area contributed by atoms with E-state index in [1.54, 1.807) is 7.05 Å². The largest absolute Gasteiger partial charge is 0.296 e. The highest BCUT2D eigenvalue weighted by Gasteiger charge is 1.99. The monoisotopic (exact) mass is 177 g/mol. The molecule has 0 rings (SSSR count). The Hall–Kier alpha value is -1.11. The van der Waals surface area contributed by atoms with Crippen molar-refractivity contribution in [1.29, 1.82) is 0 Å². The molecule has 0 unspecified atom stereocenters. The van der Waals surface area contributed by atoms with Crippen molar-refractivity contribution < 1.29 is 0 Å². The molecule has 1 heteroatoms. The molecule has 0 aliphatic rings. The third-order valence-corrected chi connectivity index (χ3v) is 1.80. The van der Waals surface area contributed by atoms with Gasteiger partial charge in [-0.25, -0.2) is 0 Å². The molecule has 0 aromatic heterocycles. The minimum atomic E-state index is 0.990. The maximum Gasteiger partial charge on any atom is 0.0277 e. The Balaban J connectivity index is 5.12. The molecule has 0 amide bonds. The van der Waals surface area contributed by atoms with E-state index < -0.39 is 0 Å². The second-order valence-electron chi connectivity index (χ2n) is 2.96. The zero-order valence-electron chi connectivity index (χ0n) is 9.09. The summed E-state index contributed by atoms with van der Waals surface area (Å²) in [6.07, 6.45) is 7.01. The molecule has 0 aromatic rings. The van der Waals surface area contributed by atoms with Crippen molar-refractivity contribution in [2.45, 2.75) is 27.2 Å². The molecule has 0 N–H and O–H groups in total. The van der Waals surface area contributed by atoms with E-state index in [1.165, 1.54) is 11.1 Å². The van der Waals surface area contributed by atoms with Crippen molar-refractivity contribution >= 4 is 6.21 Å². The average molecular weight is 177 g/mol. The first-order valence-electron chi connectivity index (χ1n) is 4.61. The number of hydrogen-bond donors (Lipinski definition) is 0. The summed E-state index contributed by atoms with van der Waals surface area (Å²) in [5.74, 6) is 0. The lowest BCUT2D eigenvalue weighted by Crippen LogP contribution is -1.91. The van der Waals surface area contributed by atoms with Crippen molar-refractivity contribution in [3.8, 4) is 0 Å². The minimum absolute atomic E-state index is 0.990. The number of hydrogen-bond acceptors (Lipinski definition) is 1. The zero-order chi connectivity index (χ0) is 10.3. The summed E-state index contributed by atoms with van der Waals surface area (Å²) in [6, 6.07) is 0. The van der Waals surface area contributed by atoms with Crippen LogP contribution in [0.2, 0.25) is 0 Å². The van der Waals surface area contributed by atoms with Gasteiger partial charge in [-0.05, 0) is 31.4 Å². The van der Waals surface area contributed by atoms with Crippen LogP contribution in [0.4, 0.5) is 0 Å². The van der Waals surface area contributed by atoms with Gasteiger partial charge in [0.05, 0.1) is 0 Å². The Morgan fingerprint density at radius 3 is 2.38 bits per heavy atom. The maximum atomic E-state index is 4.03. The van der Waals surface area contributed by atoms with Gasteiger partial charge in [0.2, 0.25) is 0 Å². The van der Waals surface area contributed by atoms with Gasteiger partial charge >= 0.3 is 0 Å². The number of nitrogens with zero attached hydrogens (tertiary/aromatic N) is 1. The van der Waals surface area contributed by atoms with Gasteiger partial charge in [-0.2, -0.15) is 0 Å². The standard InChI is InChI=1S/C12H19N/c1-6-8-12(10(3)4)11(7-2)9-13-5/h6,8-9H,3,7H2,1-2,4-5H3/b8-6-,12-11+,13-9-. The van der Waals surface area contributed by atoms with Crippen LogP contribution in [0.25, 0.3) is 0 Å². The molecule has 13 heavy (non-hydrogen) atoms. The Morgan fingerprint density at radius 1 is 1.46 bits per heavy atom. The van der Waals surface area contributed by atoms with E-state index in [0.717, 1.165) is 12.0 Å². The van der Waals surface area contributed by atoms with Gasteiger partial charge < -0.3 is 0 Å². The van der Waals surface area contributed by atoms with Crippen LogP contribution in [0.15, 0.2) is 40.4 Å². The first kappa shape index (κ1) is 11.9. The lowest BCUT2D eigenvalue weighted by atomic mass is 10.0. The van der Waals surface area contributed by atoms with Gasteiger partial charge in [0.15, 0.2) is 0 Å². The predicted octanol–water partition coefficient (Wildman–Crippen LogP) is 3.55. The van der Waals surface area contributed by atoms with Crippen LogP contribution < -0.4 is 0 Å². The van der Waals surface area contributed by atoms with Gasteiger partial charge in [-0.1, -0.05) is 31.2 Å². The summed E-state index contributed by atoms with van der Waals surface area (Å²) >= 11 is 0. The van der Waals surface area contributed by atoms with E-state index in [4.69, 9.17) is 0 Å². The lowest BCUT2D eigenvalue weighted by Gasteiger charge is -2.05. The van der Waals surface area contributed by atoms with E-state index in [-0.39, 0.29) is 0 Å². The average Bonchev–Trinajstić information content (AvgIpc) is 2.10. The second kappa shape index (κ2) is 6.41. The number of aliphatic imine (C=N–C) groups is 1. The fraction of sp³-hybridized carbons (Fsp3) is 0.417. The van der Waals surface area contributed by atoms with Crippen molar-refractivity contribution in [1.82, 2.24) is 0 Å². The second-order valence-corrected chi connectivity index (χ2v) is 2.96. The molecule has 0 bridgehead atoms. The van der Waals surface area contributed by atoms with Crippen LogP contribution in [0.1, 0.15) is 27.2 Å². The fourth-order valence-corrected chi connectivity index (χ4v) is 1.20. The smallest absolute Gasteiger partial charge is 0.0277 e. The summed E-state index contributed by atoms with van der Waals surface area (Å²) < 4.78 is 0. The van der Waals surface area contributed by atoms with Gasteiger partial charge in [0, 0.05) is 13.3 Å². The molecular formula is C12H19N. The highest BCUT2D eigenvalue weighted by Crippen LogP contribution is 2.15. The molecular weight excluding hydrogens is 158 g/mol. The Bertz CT molecular complexity index is 254. The molecule has 0 heterocycles. The molecule has 0 aromatic carbocycles. The van der Waals surface area contributed by atoms with E-state index in [1.807, 2.05) is 26.1 Å². The highest BCUT2D eigenvalue weighted by atomic mass is 14.6. The predicted molar refractivity (Wildman–Crippen MR) is 61.4 cm³/mol. The third-order valence-electron chi connectivity index (χ3n) is 1.80. The van der Waals surface area contributed by atoms with Crippen LogP contribution in [0, 0.1) is 0 Å². The summed E-state index contributed by atoms with van der Waals surface area (Å²) in [6.45, 7) is 10.1. The summed E-state index contributed by atoms with van der Waals surface area (Å²) in [7, 11) is 1.79. The molecule has 0 radical (unpaired) electrons. The van der Waals surface area contributed by atoms with Crippen LogP contribution in [-0.2, 0) is 0 Å². The van der Waals surface area contributed by atoms with Crippen LogP contribution in [0.3, 0.4) is 0 Å². The van der Waals surface area contributed by atoms with Gasteiger partial charge in [-0.15, -0.1) is 0 Å². The fourth-order valence-electron chi connectivity index (χ4n) is 1.20. The van der Waals surface area contributed by atoms with Crippen molar-refractivity contribution in [3.63, 3.8) is 0 Å². The summed E-state index contributed by atoms with van der Waals surface area (Å²) in [5.41, 5.74) is 3.54. The van der Waals surface area contributed by atoms with E-state index in [2.05, 4.69) is 24.6 Å². The van der Waals surface area contributed by atoms with Crippen molar-refractivity contribution in [2.75, 3.05) is 7.05 Å². The zero-order valence-corrected chi connectivity index (χ0v) is 9.09. The number of allylic oxidation sites excluding steroid dienone is 5. The molecule has 72 valence electrons. The molecule has 0 aliphatic carbocycles. The third kappa shape index (κ3) is 3.88. The summed E-state index contributed by atoms with van der Waals surface area (Å²) in [4.78, 5) is 4.03. The molecule has 0 fully saturated rings. The summed E-state index contributed by atoms with van der Waals surface area (Å²) in [5, 5.41) is 0. The van der Waals surface area contributed by atoms with Crippen LogP contribution >= 0.6 is 0 Å². The highest BCUT2D eigenvalue weighted by molar-refractivity contribution is 5.81. The van der Waals surface area contributed by atoms with Crippen LogP contribution in [0.5, 0.6) is 0 Å². The molecule has 0 atom stereocenters. The van der Waals surface area contributed by atoms with Crippen molar-refractivity contribution in [3.05, 3.63) is 35.5 Å². The van der Waals surface area contributed by atoms with Crippen LogP contribution in [-0.4, -0.2) is 13.3 Å². The Labute approximate surface area is 81.6 Å². The first-order valence-corrected chi connectivity index (χ1v) is 4.61. The van der Waals surface area contributed by atoms with Gasteiger partial charge in [-0.3, -0.25) is 4.99 Å². The van der Waals surface area contributed by atoms with Crippen molar-refractivity contribution in [2.24, 2.45) is 4.99 Å². The normalized spacial score (nSPS) is 13.8. The van der Waals surface area contributed by atoms with E-state index in [0.29, 0.717) is 0 Å². The molecule has 0 aliphatic heterocycles. The SMILES string of the molecule is C=C(C)C(/C=C\C)=C(/C=N\C)CC. The Kier molecular flexibility index (Phi) is 5.86. The molecule has 0 spiro atoms. The topological polar surface area (TPSA) is 12.4 Å². The maximum absolute atomic E-state index is 4.03. The number of rotatable bonds is 4. The molecule has 0 saturated heterocycles. The van der Waals surface area contributed by atoms with E-state index >= 15 is 0 Å². The molecule has 1 nitrogen and oxygen atoms in total. The Morgan fingerprint density at radius 2 is 2.08 bits per heavy atom. The quantitative estimate of drug-likeness (QED) is 0.460. The van der Waals surface area contributed by atoms with Gasteiger partial charge in [0.25, 0.3) is 0 Å². The minimum Gasteiger partial charge on any atom is -0.296 e. The van der Waals surface area contributed by atoms with Gasteiger partial charge in [0.1, 0.15) is 0 Å². The first-order chi connectivity index (χ1) is 6.17.